The van der Waals surface area contributed by atoms with Crippen molar-refractivity contribution in [3.63, 3.8) is 0 Å². The maximum atomic E-state index is 13.3. The molecule has 0 saturated carbocycles. The lowest BCUT2D eigenvalue weighted by atomic mass is 10.1. The number of carbonyl (C=O) groups is 1. The van der Waals surface area contributed by atoms with Crippen LogP contribution in [0.5, 0.6) is 5.75 Å². The van der Waals surface area contributed by atoms with E-state index >= 15 is 0 Å². The molecule has 0 saturated heterocycles. The molecule has 0 heterocycles. The lowest BCUT2D eigenvalue weighted by molar-refractivity contribution is 0.102. The zero-order valence-corrected chi connectivity index (χ0v) is 12.4. The third-order valence-electron chi connectivity index (χ3n) is 2.74. The van der Waals surface area contributed by atoms with Crippen LogP contribution in [0, 0.1) is 5.82 Å². The minimum Gasteiger partial charge on any atom is -0.494 e. The molecule has 4 nitrogen and oxygen atoms in total. The van der Waals surface area contributed by atoms with Crippen LogP contribution in [0.2, 0.25) is 10.0 Å². The van der Waals surface area contributed by atoms with Gasteiger partial charge in [0.25, 0.3) is 5.91 Å². The molecule has 0 aliphatic heterocycles. The minimum absolute atomic E-state index is 0.183. The van der Waals surface area contributed by atoms with Crippen LogP contribution in [0.25, 0.3) is 0 Å². The highest BCUT2D eigenvalue weighted by Crippen LogP contribution is 2.29. The van der Waals surface area contributed by atoms with Gasteiger partial charge in [0.1, 0.15) is 0 Å². The highest BCUT2D eigenvalue weighted by molar-refractivity contribution is 6.35. The number of carbonyl (C=O) groups excluding carboxylic acids is 1. The van der Waals surface area contributed by atoms with Crippen LogP contribution in [0.15, 0.2) is 30.3 Å². The van der Waals surface area contributed by atoms with Gasteiger partial charge in [0.05, 0.1) is 28.4 Å². The summed E-state index contributed by atoms with van der Waals surface area (Å²) >= 11 is 11.4. The predicted molar refractivity (Wildman–Crippen MR) is 81.8 cm³/mol. The predicted octanol–water partition coefficient (Wildman–Crippen LogP) is 3.98. The van der Waals surface area contributed by atoms with E-state index in [0.29, 0.717) is 5.69 Å². The second-order valence-electron chi connectivity index (χ2n) is 4.14. The molecule has 7 heteroatoms. The van der Waals surface area contributed by atoms with Gasteiger partial charge in [0, 0.05) is 5.69 Å². The molecule has 1 amide bonds. The summed E-state index contributed by atoms with van der Waals surface area (Å²) < 4.78 is 18.4. The van der Waals surface area contributed by atoms with Crippen LogP contribution < -0.4 is 15.8 Å². The SMILES string of the molecule is COc1c(N)cccc1C(=O)Nc1cc(Cl)c(F)c(Cl)c1. The molecule has 2 aromatic rings. The largest absolute Gasteiger partial charge is 0.494 e. The van der Waals surface area contributed by atoms with E-state index in [-0.39, 0.29) is 27.0 Å². The topological polar surface area (TPSA) is 64.3 Å². The van der Waals surface area contributed by atoms with Crippen LogP contribution in [-0.2, 0) is 0 Å². The summed E-state index contributed by atoms with van der Waals surface area (Å²) in [4.78, 5) is 12.2. The van der Waals surface area contributed by atoms with Crippen LogP contribution in [0.3, 0.4) is 0 Å². The van der Waals surface area contributed by atoms with E-state index in [2.05, 4.69) is 5.32 Å². The van der Waals surface area contributed by atoms with Gasteiger partial charge in [0.15, 0.2) is 11.6 Å². The lowest BCUT2D eigenvalue weighted by Gasteiger charge is -2.12. The first-order chi connectivity index (χ1) is 9.93. The summed E-state index contributed by atoms with van der Waals surface area (Å²) in [6, 6.07) is 7.31. The number of amides is 1. The number of rotatable bonds is 3. The van der Waals surface area contributed by atoms with Crippen molar-refractivity contribution in [3.8, 4) is 5.75 Å². The number of methoxy groups -OCH3 is 1. The summed E-state index contributed by atoms with van der Waals surface area (Å²) in [7, 11) is 1.41. The maximum Gasteiger partial charge on any atom is 0.259 e. The van der Waals surface area contributed by atoms with E-state index in [9.17, 15) is 9.18 Å². The highest BCUT2D eigenvalue weighted by Gasteiger charge is 2.16. The molecule has 2 rings (SSSR count). The highest BCUT2D eigenvalue weighted by atomic mass is 35.5. The van der Waals surface area contributed by atoms with Gasteiger partial charge in [-0.3, -0.25) is 4.79 Å². The summed E-state index contributed by atoms with van der Waals surface area (Å²) in [6.45, 7) is 0. The third-order valence-corrected chi connectivity index (χ3v) is 3.29. The number of anilines is 2. The smallest absolute Gasteiger partial charge is 0.259 e. The van der Waals surface area contributed by atoms with E-state index in [1.54, 1.807) is 18.2 Å². The number of nitrogens with two attached hydrogens (primary N) is 1. The average molecular weight is 329 g/mol. The van der Waals surface area contributed by atoms with Crippen molar-refractivity contribution in [1.29, 1.82) is 0 Å². The molecule has 2 aromatic carbocycles. The summed E-state index contributed by atoms with van der Waals surface area (Å²) in [5.41, 5.74) is 6.58. The molecule has 0 bridgehead atoms. The zero-order valence-electron chi connectivity index (χ0n) is 10.9. The number of hydrogen-bond donors (Lipinski definition) is 2. The molecule has 0 spiro atoms. The second-order valence-corrected chi connectivity index (χ2v) is 4.95. The lowest BCUT2D eigenvalue weighted by Crippen LogP contribution is -2.14. The molecular weight excluding hydrogens is 318 g/mol. The van der Waals surface area contributed by atoms with E-state index in [0.717, 1.165) is 0 Å². The molecule has 21 heavy (non-hydrogen) atoms. The van der Waals surface area contributed by atoms with Crippen molar-refractivity contribution < 1.29 is 13.9 Å². The van der Waals surface area contributed by atoms with Crippen molar-refractivity contribution in [2.45, 2.75) is 0 Å². The van der Waals surface area contributed by atoms with Crippen molar-refractivity contribution in [3.05, 3.63) is 51.8 Å². The average Bonchev–Trinajstić information content (AvgIpc) is 2.44. The Kier molecular flexibility index (Phi) is 4.55. The van der Waals surface area contributed by atoms with Gasteiger partial charge >= 0.3 is 0 Å². The van der Waals surface area contributed by atoms with Gasteiger partial charge in [-0.15, -0.1) is 0 Å². The van der Waals surface area contributed by atoms with E-state index in [1.807, 2.05) is 0 Å². The fourth-order valence-corrected chi connectivity index (χ4v) is 2.27. The maximum absolute atomic E-state index is 13.3. The van der Waals surface area contributed by atoms with Crippen LogP contribution in [0.4, 0.5) is 15.8 Å². The monoisotopic (exact) mass is 328 g/mol. The number of nitrogens with one attached hydrogen (secondary N) is 1. The second kappa shape index (κ2) is 6.20. The molecule has 0 fully saturated rings. The Bertz CT molecular complexity index is 684. The molecule has 0 radical (unpaired) electrons. The Hall–Kier alpha value is -1.98. The molecule has 110 valence electrons. The first kappa shape index (κ1) is 15.4. The minimum atomic E-state index is -0.738. The van der Waals surface area contributed by atoms with Crippen LogP contribution in [0.1, 0.15) is 10.4 Å². The van der Waals surface area contributed by atoms with Crippen LogP contribution in [-0.4, -0.2) is 13.0 Å². The molecule has 0 unspecified atom stereocenters. The zero-order chi connectivity index (χ0) is 15.6. The summed E-state index contributed by atoms with van der Waals surface area (Å²) in [6.07, 6.45) is 0. The normalized spacial score (nSPS) is 10.3. The quantitative estimate of drug-likeness (QED) is 0.661. The first-order valence-electron chi connectivity index (χ1n) is 5.82. The van der Waals surface area contributed by atoms with Gasteiger partial charge in [-0.05, 0) is 24.3 Å². The number of hydrogen-bond acceptors (Lipinski definition) is 3. The van der Waals surface area contributed by atoms with Crippen molar-refractivity contribution in [2.24, 2.45) is 0 Å². The number of para-hydroxylation sites is 1. The van der Waals surface area contributed by atoms with Crippen LogP contribution >= 0.6 is 23.2 Å². The van der Waals surface area contributed by atoms with E-state index in [1.165, 1.54) is 19.2 Å². The number of halogens is 3. The van der Waals surface area contributed by atoms with Gasteiger partial charge in [-0.25, -0.2) is 4.39 Å². The van der Waals surface area contributed by atoms with Gasteiger partial charge in [0.2, 0.25) is 0 Å². The number of ether oxygens (including phenoxy) is 1. The first-order valence-corrected chi connectivity index (χ1v) is 6.58. The fourth-order valence-electron chi connectivity index (χ4n) is 1.79. The van der Waals surface area contributed by atoms with Crippen molar-refractivity contribution >= 4 is 40.5 Å². The molecule has 0 aliphatic carbocycles. The van der Waals surface area contributed by atoms with Gasteiger partial charge < -0.3 is 15.8 Å². The summed E-state index contributed by atoms with van der Waals surface area (Å²) in [5, 5.41) is 2.19. The standard InChI is InChI=1S/C14H11Cl2FN2O2/c1-21-13-8(3-2-4-11(13)18)14(20)19-7-5-9(15)12(17)10(16)6-7/h2-6H,18H2,1H3,(H,19,20). The number of benzene rings is 2. The Labute approximate surface area is 130 Å². The Balaban J connectivity index is 2.33. The molecular formula is C14H11Cl2FN2O2. The number of nitrogen functional groups attached to an aromatic ring is 1. The van der Waals surface area contributed by atoms with Crippen molar-refractivity contribution in [1.82, 2.24) is 0 Å². The van der Waals surface area contributed by atoms with E-state index < -0.39 is 11.7 Å². The molecule has 0 aliphatic rings. The Morgan fingerprint density at radius 2 is 1.90 bits per heavy atom. The Morgan fingerprint density at radius 1 is 1.29 bits per heavy atom. The van der Waals surface area contributed by atoms with Crippen molar-refractivity contribution in [2.75, 3.05) is 18.2 Å². The van der Waals surface area contributed by atoms with Gasteiger partial charge in [-0.1, -0.05) is 29.3 Å². The molecule has 0 aromatic heterocycles. The van der Waals surface area contributed by atoms with Gasteiger partial charge in [-0.2, -0.15) is 0 Å². The molecule has 0 atom stereocenters. The Morgan fingerprint density at radius 3 is 2.48 bits per heavy atom. The van der Waals surface area contributed by atoms with E-state index in [4.69, 9.17) is 33.7 Å². The molecule has 3 N–H and O–H groups in total. The third kappa shape index (κ3) is 3.20. The summed E-state index contributed by atoms with van der Waals surface area (Å²) in [5.74, 6) is -0.954. The fraction of sp³-hybridized carbons (Fsp3) is 0.0714.